The zero-order valence-corrected chi connectivity index (χ0v) is 9.35. The van der Waals surface area contributed by atoms with Gasteiger partial charge in [-0.3, -0.25) is 4.79 Å². The summed E-state index contributed by atoms with van der Waals surface area (Å²) in [4.78, 5) is 11.2. The molecule has 0 saturated carbocycles. The maximum atomic E-state index is 11.2. The SMILES string of the molecule is CCC(C)NC(C(N)=O)C(C)(C)C. The summed E-state index contributed by atoms with van der Waals surface area (Å²) in [6.07, 6.45) is 1.000. The van der Waals surface area contributed by atoms with Gasteiger partial charge in [0.2, 0.25) is 5.91 Å². The summed E-state index contributed by atoms with van der Waals surface area (Å²) in [6, 6.07) is 0.0826. The van der Waals surface area contributed by atoms with Crippen LogP contribution in [0, 0.1) is 5.41 Å². The number of rotatable bonds is 4. The minimum absolute atomic E-state index is 0.116. The first-order chi connectivity index (χ1) is 5.79. The van der Waals surface area contributed by atoms with Crippen molar-refractivity contribution in [1.82, 2.24) is 5.32 Å². The van der Waals surface area contributed by atoms with Gasteiger partial charge in [-0.25, -0.2) is 0 Å². The minimum atomic E-state index is -0.271. The average molecular weight is 186 g/mol. The van der Waals surface area contributed by atoms with E-state index in [-0.39, 0.29) is 17.4 Å². The smallest absolute Gasteiger partial charge is 0.235 e. The van der Waals surface area contributed by atoms with Crippen LogP contribution >= 0.6 is 0 Å². The molecule has 13 heavy (non-hydrogen) atoms. The fourth-order valence-corrected chi connectivity index (χ4v) is 1.16. The molecule has 0 heterocycles. The van der Waals surface area contributed by atoms with Gasteiger partial charge in [-0.15, -0.1) is 0 Å². The number of nitrogens with one attached hydrogen (secondary N) is 1. The number of nitrogens with two attached hydrogens (primary N) is 1. The molecule has 2 unspecified atom stereocenters. The highest BCUT2D eigenvalue weighted by Gasteiger charge is 2.29. The lowest BCUT2D eigenvalue weighted by Gasteiger charge is -2.31. The summed E-state index contributed by atoms with van der Waals surface area (Å²) in [7, 11) is 0. The van der Waals surface area contributed by atoms with E-state index in [1.807, 2.05) is 20.8 Å². The first kappa shape index (κ1) is 12.4. The molecule has 0 saturated heterocycles. The van der Waals surface area contributed by atoms with Gasteiger partial charge >= 0.3 is 0 Å². The Morgan fingerprint density at radius 1 is 1.46 bits per heavy atom. The third kappa shape index (κ3) is 4.27. The van der Waals surface area contributed by atoms with Crippen LogP contribution in [0.15, 0.2) is 0 Å². The van der Waals surface area contributed by atoms with Crippen molar-refractivity contribution in [2.75, 3.05) is 0 Å². The quantitative estimate of drug-likeness (QED) is 0.694. The van der Waals surface area contributed by atoms with Gasteiger partial charge in [-0.2, -0.15) is 0 Å². The number of amides is 1. The van der Waals surface area contributed by atoms with Crippen molar-refractivity contribution in [2.45, 2.75) is 53.1 Å². The molecule has 0 aromatic rings. The molecule has 0 fully saturated rings. The molecule has 78 valence electrons. The summed E-state index contributed by atoms with van der Waals surface area (Å²) in [5, 5.41) is 3.23. The molecule has 0 spiro atoms. The van der Waals surface area contributed by atoms with Crippen LogP contribution in [0.4, 0.5) is 0 Å². The van der Waals surface area contributed by atoms with Crippen LogP contribution in [0.2, 0.25) is 0 Å². The lowest BCUT2D eigenvalue weighted by molar-refractivity contribution is -0.122. The molecule has 0 rings (SSSR count). The van der Waals surface area contributed by atoms with E-state index in [1.165, 1.54) is 0 Å². The molecule has 0 aromatic heterocycles. The lowest BCUT2D eigenvalue weighted by Crippen LogP contribution is -2.52. The van der Waals surface area contributed by atoms with Gasteiger partial charge in [0.05, 0.1) is 6.04 Å². The Bertz CT molecular complexity index is 172. The first-order valence-electron chi connectivity index (χ1n) is 4.84. The lowest BCUT2D eigenvalue weighted by atomic mass is 9.86. The number of carbonyl (C=O) groups excluding carboxylic acids is 1. The summed E-state index contributed by atoms with van der Waals surface area (Å²) >= 11 is 0. The molecule has 0 aromatic carbocycles. The Labute approximate surface area is 81.1 Å². The topological polar surface area (TPSA) is 55.1 Å². The second-order valence-corrected chi connectivity index (χ2v) is 4.68. The van der Waals surface area contributed by atoms with E-state index in [2.05, 4.69) is 19.2 Å². The fourth-order valence-electron chi connectivity index (χ4n) is 1.16. The fraction of sp³-hybridized carbons (Fsp3) is 0.900. The highest BCUT2D eigenvalue weighted by molar-refractivity contribution is 5.80. The van der Waals surface area contributed by atoms with E-state index in [0.717, 1.165) is 6.42 Å². The van der Waals surface area contributed by atoms with Gasteiger partial charge in [-0.05, 0) is 18.8 Å². The highest BCUT2D eigenvalue weighted by atomic mass is 16.1. The second-order valence-electron chi connectivity index (χ2n) is 4.68. The molecule has 1 amide bonds. The summed E-state index contributed by atoms with van der Waals surface area (Å²) < 4.78 is 0. The maximum Gasteiger partial charge on any atom is 0.235 e. The monoisotopic (exact) mass is 186 g/mol. The van der Waals surface area contributed by atoms with E-state index in [1.54, 1.807) is 0 Å². The number of hydrogen-bond donors (Lipinski definition) is 2. The van der Waals surface area contributed by atoms with Crippen LogP contribution in [-0.2, 0) is 4.79 Å². The minimum Gasteiger partial charge on any atom is -0.368 e. The maximum absolute atomic E-state index is 11.2. The van der Waals surface area contributed by atoms with Crippen LogP contribution in [0.25, 0.3) is 0 Å². The van der Waals surface area contributed by atoms with Gasteiger partial charge in [-0.1, -0.05) is 27.7 Å². The molecule has 3 nitrogen and oxygen atoms in total. The standard InChI is InChI=1S/C10H22N2O/c1-6-7(2)12-8(9(11)13)10(3,4)5/h7-8,12H,6H2,1-5H3,(H2,11,13). The zero-order chi connectivity index (χ0) is 10.6. The van der Waals surface area contributed by atoms with Crippen molar-refractivity contribution >= 4 is 5.91 Å². The van der Waals surface area contributed by atoms with Crippen molar-refractivity contribution in [3.05, 3.63) is 0 Å². The van der Waals surface area contributed by atoms with Gasteiger partial charge in [0.15, 0.2) is 0 Å². The summed E-state index contributed by atoms with van der Waals surface area (Å²) in [5.74, 6) is -0.271. The molecule has 0 aliphatic carbocycles. The van der Waals surface area contributed by atoms with E-state index in [9.17, 15) is 4.79 Å². The Morgan fingerprint density at radius 3 is 2.15 bits per heavy atom. The number of hydrogen-bond acceptors (Lipinski definition) is 2. The predicted molar refractivity (Wildman–Crippen MR) is 55.3 cm³/mol. The molecule has 0 bridgehead atoms. The zero-order valence-electron chi connectivity index (χ0n) is 9.35. The molecule has 0 aliphatic heterocycles. The normalized spacial score (nSPS) is 16.7. The largest absolute Gasteiger partial charge is 0.368 e. The molecule has 3 N–H and O–H groups in total. The van der Waals surface area contributed by atoms with Crippen molar-refractivity contribution in [1.29, 1.82) is 0 Å². The molecular formula is C10H22N2O. The van der Waals surface area contributed by atoms with Crippen molar-refractivity contribution in [2.24, 2.45) is 11.1 Å². The molecule has 0 aliphatic rings. The highest BCUT2D eigenvalue weighted by Crippen LogP contribution is 2.19. The van der Waals surface area contributed by atoms with Gasteiger partial charge in [0, 0.05) is 6.04 Å². The Morgan fingerprint density at radius 2 is 1.92 bits per heavy atom. The number of primary amides is 1. The predicted octanol–water partition coefficient (Wildman–Crippen LogP) is 1.27. The van der Waals surface area contributed by atoms with Crippen LogP contribution in [0.5, 0.6) is 0 Å². The average Bonchev–Trinajstić information content (AvgIpc) is 1.96. The number of carbonyl (C=O) groups is 1. The Hall–Kier alpha value is -0.570. The molecule has 0 radical (unpaired) electrons. The van der Waals surface area contributed by atoms with E-state index < -0.39 is 0 Å². The third-order valence-corrected chi connectivity index (χ3v) is 2.21. The van der Waals surface area contributed by atoms with E-state index in [0.29, 0.717) is 6.04 Å². The van der Waals surface area contributed by atoms with Crippen molar-refractivity contribution in [3.63, 3.8) is 0 Å². The molecule has 3 heteroatoms. The third-order valence-electron chi connectivity index (χ3n) is 2.21. The Balaban J connectivity index is 4.37. The molecule has 2 atom stereocenters. The van der Waals surface area contributed by atoms with E-state index >= 15 is 0 Å². The van der Waals surface area contributed by atoms with Crippen LogP contribution < -0.4 is 11.1 Å². The summed E-state index contributed by atoms with van der Waals surface area (Å²) in [5.41, 5.74) is 5.21. The van der Waals surface area contributed by atoms with Gasteiger partial charge in [0.1, 0.15) is 0 Å². The second kappa shape index (κ2) is 4.61. The first-order valence-corrected chi connectivity index (χ1v) is 4.84. The molecular weight excluding hydrogens is 164 g/mol. The van der Waals surface area contributed by atoms with Gasteiger partial charge in [0.25, 0.3) is 0 Å². The van der Waals surface area contributed by atoms with E-state index in [4.69, 9.17) is 5.73 Å². The van der Waals surface area contributed by atoms with Crippen LogP contribution in [-0.4, -0.2) is 18.0 Å². The van der Waals surface area contributed by atoms with Gasteiger partial charge < -0.3 is 11.1 Å². The summed E-state index contributed by atoms with van der Waals surface area (Å²) in [6.45, 7) is 10.2. The van der Waals surface area contributed by atoms with Crippen molar-refractivity contribution < 1.29 is 4.79 Å². The van der Waals surface area contributed by atoms with Crippen LogP contribution in [0.3, 0.4) is 0 Å². The van der Waals surface area contributed by atoms with Crippen LogP contribution in [0.1, 0.15) is 41.0 Å². The Kier molecular flexibility index (Phi) is 4.40. The van der Waals surface area contributed by atoms with Crippen molar-refractivity contribution in [3.8, 4) is 0 Å².